The third-order valence-electron chi connectivity index (χ3n) is 4.66. The van der Waals surface area contributed by atoms with E-state index in [0.29, 0.717) is 22.8 Å². The van der Waals surface area contributed by atoms with E-state index in [9.17, 15) is 9.59 Å². The van der Waals surface area contributed by atoms with Gasteiger partial charge in [-0.25, -0.2) is 0 Å². The molecule has 0 aliphatic carbocycles. The van der Waals surface area contributed by atoms with Crippen molar-refractivity contribution in [3.05, 3.63) is 41.2 Å². The van der Waals surface area contributed by atoms with E-state index in [4.69, 9.17) is 15.2 Å². The van der Waals surface area contributed by atoms with Gasteiger partial charge in [-0.05, 0) is 30.7 Å². The number of Topliss-reactive ketones (excluding diaryl/α,β-unsaturated/α-hetero) is 1. The smallest absolute Gasteiger partial charge is 0.252 e. The lowest BCUT2D eigenvalue weighted by Crippen LogP contribution is -2.15. The number of ketones is 1. The SMILES string of the molecule is COc1cc(CC(=O)Cc2nn([C@H]3CCNC3)cc2C(N)=O)cc(OC)c1.Cl. The van der Waals surface area contributed by atoms with Crippen molar-refractivity contribution in [2.45, 2.75) is 25.3 Å². The minimum atomic E-state index is -0.571. The third-order valence-corrected chi connectivity index (χ3v) is 4.66. The van der Waals surface area contributed by atoms with Gasteiger partial charge >= 0.3 is 0 Å². The monoisotopic (exact) mass is 408 g/mol. The van der Waals surface area contributed by atoms with E-state index < -0.39 is 5.91 Å². The number of primary amides is 1. The molecule has 1 aromatic heterocycles. The molecule has 0 unspecified atom stereocenters. The number of nitrogens with zero attached hydrogens (tertiary/aromatic N) is 2. The summed E-state index contributed by atoms with van der Waals surface area (Å²) in [5, 5.41) is 7.72. The van der Waals surface area contributed by atoms with Crippen LogP contribution in [0.15, 0.2) is 24.4 Å². The van der Waals surface area contributed by atoms with Gasteiger partial charge in [0.2, 0.25) is 0 Å². The second-order valence-corrected chi connectivity index (χ2v) is 6.59. The largest absolute Gasteiger partial charge is 0.497 e. The van der Waals surface area contributed by atoms with Gasteiger partial charge in [0.1, 0.15) is 17.3 Å². The molecule has 2 heterocycles. The number of benzene rings is 1. The van der Waals surface area contributed by atoms with Gasteiger partial charge in [-0.15, -0.1) is 12.4 Å². The molecule has 8 nitrogen and oxygen atoms in total. The van der Waals surface area contributed by atoms with E-state index in [1.165, 1.54) is 0 Å². The quantitative estimate of drug-likeness (QED) is 0.681. The minimum absolute atomic E-state index is 0. The molecule has 0 saturated carbocycles. The molecular weight excluding hydrogens is 384 g/mol. The summed E-state index contributed by atoms with van der Waals surface area (Å²) in [7, 11) is 3.12. The Bertz CT molecular complexity index is 824. The predicted octanol–water partition coefficient (Wildman–Crippen LogP) is 1.31. The Morgan fingerprint density at radius 3 is 2.43 bits per heavy atom. The van der Waals surface area contributed by atoms with E-state index in [1.807, 2.05) is 0 Å². The first-order chi connectivity index (χ1) is 13.0. The van der Waals surface area contributed by atoms with E-state index >= 15 is 0 Å². The fourth-order valence-corrected chi connectivity index (χ4v) is 3.26. The van der Waals surface area contributed by atoms with Crippen molar-refractivity contribution in [3.8, 4) is 11.5 Å². The number of hydrogen-bond acceptors (Lipinski definition) is 6. The van der Waals surface area contributed by atoms with Crippen LogP contribution in [0.25, 0.3) is 0 Å². The van der Waals surface area contributed by atoms with Crippen LogP contribution in [0.5, 0.6) is 11.5 Å². The van der Waals surface area contributed by atoms with Crippen molar-refractivity contribution in [2.75, 3.05) is 27.3 Å². The van der Waals surface area contributed by atoms with Gasteiger partial charge in [0.05, 0.1) is 37.9 Å². The first-order valence-electron chi connectivity index (χ1n) is 8.82. The molecule has 1 atom stereocenters. The molecule has 3 N–H and O–H groups in total. The summed E-state index contributed by atoms with van der Waals surface area (Å²) in [5.41, 5.74) is 6.98. The van der Waals surface area contributed by atoms with E-state index in [2.05, 4.69) is 10.4 Å². The van der Waals surface area contributed by atoms with Gasteiger partial charge in [0, 0.05) is 25.2 Å². The molecule has 2 aromatic rings. The number of nitrogens with one attached hydrogen (secondary N) is 1. The normalized spacial score (nSPS) is 15.7. The van der Waals surface area contributed by atoms with Crippen LogP contribution in [0.3, 0.4) is 0 Å². The van der Waals surface area contributed by atoms with Gasteiger partial charge < -0.3 is 20.5 Å². The number of halogens is 1. The fourth-order valence-electron chi connectivity index (χ4n) is 3.26. The zero-order valence-corrected chi connectivity index (χ0v) is 16.8. The lowest BCUT2D eigenvalue weighted by atomic mass is 10.0. The molecule has 0 radical (unpaired) electrons. The molecule has 1 fully saturated rings. The highest BCUT2D eigenvalue weighted by Crippen LogP contribution is 2.23. The van der Waals surface area contributed by atoms with Crippen molar-refractivity contribution in [1.29, 1.82) is 0 Å². The first kappa shape index (κ1) is 21.7. The second kappa shape index (κ2) is 9.57. The molecule has 9 heteroatoms. The van der Waals surface area contributed by atoms with Gasteiger partial charge in [0.25, 0.3) is 5.91 Å². The Balaban J connectivity index is 0.00000280. The summed E-state index contributed by atoms with van der Waals surface area (Å²) >= 11 is 0. The average molecular weight is 409 g/mol. The molecule has 1 saturated heterocycles. The number of carbonyl (C=O) groups is 2. The number of ether oxygens (including phenoxy) is 2. The highest BCUT2D eigenvalue weighted by Gasteiger charge is 2.23. The summed E-state index contributed by atoms with van der Waals surface area (Å²) in [6.45, 7) is 1.69. The Morgan fingerprint density at radius 1 is 1.21 bits per heavy atom. The maximum atomic E-state index is 12.6. The van der Waals surface area contributed by atoms with Crippen molar-refractivity contribution >= 4 is 24.1 Å². The standard InChI is InChI=1S/C19H24N4O4.ClH/c1-26-15-6-12(7-16(9-15)27-2)5-14(24)8-18-17(19(20)25)11-23(22-18)13-3-4-21-10-13;/h6-7,9,11,13,21H,3-5,8,10H2,1-2H3,(H2,20,25);1H/t13-;/m0./s1. The van der Waals surface area contributed by atoms with Crippen LogP contribution in [-0.4, -0.2) is 48.8 Å². The topological polar surface area (TPSA) is 108 Å². The van der Waals surface area contributed by atoms with Crippen LogP contribution >= 0.6 is 12.4 Å². The van der Waals surface area contributed by atoms with Crippen LogP contribution in [-0.2, 0) is 17.6 Å². The molecule has 1 aliphatic heterocycles. The number of rotatable bonds is 8. The number of carbonyl (C=O) groups excluding carboxylic acids is 2. The van der Waals surface area contributed by atoms with Crippen LogP contribution < -0.4 is 20.5 Å². The molecule has 0 spiro atoms. The molecule has 1 aromatic carbocycles. The Kier molecular flexibility index (Phi) is 7.42. The Morgan fingerprint density at radius 2 is 1.89 bits per heavy atom. The maximum absolute atomic E-state index is 12.6. The molecule has 1 aliphatic rings. The van der Waals surface area contributed by atoms with Crippen molar-refractivity contribution in [3.63, 3.8) is 0 Å². The Labute approximate surface area is 169 Å². The van der Waals surface area contributed by atoms with Gasteiger partial charge in [-0.1, -0.05) is 0 Å². The number of amides is 1. The summed E-state index contributed by atoms with van der Waals surface area (Å²) in [4.78, 5) is 24.4. The highest BCUT2D eigenvalue weighted by atomic mass is 35.5. The average Bonchev–Trinajstić information content (AvgIpc) is 3.30. The second-order valence-electron chi connectivity index (χ2n) is 6.59. The van der Waals surface area contributed by atoms with E-state index in [-0.39, 0.29) is 37.1 Å². The van der Waals surface area contributed by atoms with E-state index in [1.54, 1.807) is 43.3 Å². The van der Waals surface area contributed by atoms with Gasteiger partial charge in [0.15, 0.2) is 0 Å². The highest BCUT2D eigenvalue weighted by molar-refractivity contribution is 5.95. The van der Waals surface area contributed by atoms with Crippen molar-refractivity contribution < 1.29 is 19.1 Å². The zero-order chi connectivity index (χ0) is 19.4. The minimum Gasteiger partial charge on any atom is -0.497 e. The van der Waals surface area contributed by atoms with Gasteiger partial charge in [-0.3, -0.25) is 14.3 Å². The maximum Gasteiger partial charge on any atom is 0.252 e. The molecule has 152 valence electrons. The molecular formula is C19H25ClN4O4. The lowest BCUT2D eigenvalue weighted by molar-refractivity contribution is -0.117. The van der Waals surface area contributed by atoms with Crippen LogP contribution in [0.1, 0.15) is 34.1 Å². The number of hydrogen-bond donors (Lipinski definition) is 2. The molecule has 1 amide bonds. The van der Waals surface area contributed by atoms with Crippen LogP contribution in [0.4, 0.5) is 0 Å². The number of methoxy groups -OCH3 is 2. The van der Waals surface area contributed by atoms with E-state index in [0.717, 1.165) is 25.1 Å². The third kappa shape index (κ3) is 5.02. The first-order valence-corrected chi connectivity index (χ1v) is 8.82. The Hall–Kier alpha value is -2.58. The van der Waals surface area contributed by atoms with Crippen LogP contribution in [0, 0.1) is 0 Å². The predicted molar refractivity (Wildman–Crippen MR) is 106 cm³/mol. The zero-order valence-electron chi connectivity index (χ0n) is 15.9. The van der Waals surface area contributed by atoms with Crippen LogP contribution in [0.2, 0.25) is 0 Å². The molecule has 28 heavy (non-hydrogen) atoms. The van der Waals surface area contributed by atoms with Crippen molar-refractivity contribution in [2.24, 2.45) is 5.73 Å². The number of nitrogens with two attached hydrogens (primary N) is 1. The van der Waals surface area contributed by atoms with Crippen molar-refractivity contribution in [1.82, 2.24) is 15.1 Å². The lowest BCUT2D eigenvalue weighted by Gasteiger charge is -2.08. The summed E-state index contributed by atoms with van der Waals surface area (Å²) in [6.07, 6.45) is 2.81. The summed E-state index contributed by atoms with van der Waals surface area (Å²) < 4.78 is 12.2. The summed E-state index contributed by atoms with van der Waals surface area (Å²) in [5.74, 6) is 0.599. The number of aromatic nitrogens is 2. The van der Waals surface area contributed by atoms with Gasteiger partial charge in [-0.2, -0.15) is 5.10 Å². The molecule has 3 rings (SSSR count). The summed E-state index contributed by atoms with van der Waals surface area (Å²) in [6, 6.07) is 5.50. The molecule has 0 bridgehead atoms. The fraction of sp³-hybridized carbons (Fsp3) is 0.421.